The van der Waals surface area contributed by atoms with Crippen LogP contribution in [0.3, 0.4) is 0 Å². The topological polar surface area (TPSA) is 61.0 Å². The van der Waals surface area contributed by atoms with Crippen LogP contribution in [0.2, 0.25) is 0 Å². The Morgan fingerprint density at radius 3 is 3.00 bits per heavy atom. The highest BCUT2D eigenvalue weighted by Gasteiger charge is 2.27. The lowest BCUT2D eigenvalue weighted by Crippen LogP contribution is -2.53. The van der Waals surface area contributed by atoms with Gasteiger partial charge < -0.3 is 10.2 Å². The zero-order valence-electron chi connectivity index (χ0n) is 14.4. The highest BCUT2D eigenvalue weighted by molar-refractivity contribution is 5.92. The average molecular weight is 306 g/mol. The van der Waals surface area contributed by atoms with E-state index in [9.17, 15) is 4.79 Å². The zero-order valence-corrected chi connectivity index (χ0v) is 14.4. The fourth-order valence-corrected chi connectivity index (χ4v) is 3.28. The predicted octanol–water partition coefficient (Wildman–Crippen LogP) is 2.60. The zero-order chi connectivity index (χ0) is 16.2. The monoisotopic (exact) mass is 306 g/mol. The Hall–Kier alpha value is -1.36. The van der Waals surface area contributed by atoms with Gasteiger partial charge in [-0.25, -0.2) is 0 Å². The standard InChI is InChI=1S/C17H30N4O/c1-5-7-14-10-15(20-19-14)16(22)18-17(3,4)12-21-9-6-8-13(2)11-21/h10,13H,5-9,11-12H2,1-4H3,(H,18,22)(H,19,20). The molecule has 1 aromatic heterocycles. The van der Waals surface area contributed by atoms with Crippen LogP contribution in [0, 0.1) is 5.92 Å². The molecule has 2 heterocycles. The molecule has 0 spiro atoms. The first-order chi connectivity index (χ1) is 10.4. The van der Waals surface area contributed by atoms with Gasteiger partial charge in [-0.3, -0.25) is 9.89 Å². The van der Waals surface area contributed by atoms with Crippen LogP contribution in [-0.2, 0) is 6.42 Å². The second-order valence-electron chi connectivity index (χ2n) is 7.35. The molecule has 5 heteroatoms. The molecule has 1 amide bonds. The number of carbonyl (C=O) groups excluding carboxylic acids is 1. The minimum absolute atomic E-state index is 0.0892. The number of carbonyl (C=O) groups is 1. The molecule has 1 aromatic rings. The molecule has 124 valence electrons. The number of aromatic amines is 1. The van der Waals surface area contributed by atoms with Crippen molar-refractivity contribution in [2.45, 2.75) is 58.9 Å². The van der Waals surface area contributed by atoms with Gasteiger partial charge in [0, 0.05) is 24.3 Å². The third kappa shape index (κ3) is 4.83. The van der Waals surface area contributed by atoms with Crippen LogP contribution in [-0.4, -0.2) is 46.2 Å². The Morgan fingerprint density at radius 1 is 1.55 bits per heavy atom. The summed E-state index contributed by atoms with van der Waals surface area (Å²) in [5.74, 6) is 0.664. The molecule has 1 aliphatic rings. The van der Waals surface area contributed by atoms with Gasteiger partial charge in [0.2, 0.25) is 0 Å². The summed E-state index contributed by atoms with van der Waals surface area (Å²) in [6.07, 6.45) is 4.54. The molecule has 1 unspecified atom stereocenters. The van der Waals surface area contributed by atoms with Crippen LogP contribution in [0.1, 0.15) is 63.1 Å². The van der Waals surface area contributed by atoms with E-state index in [2.05, 4.69) is 48.1 Å². The second kappa shape index (κ2) is 7.27. The summed E-state index contributed by atoms with van der Waals surface area (Å²) in [6, 6.07) is 1.86. The van der Waals surface area contributed by atoms with Crippen LogP contribution < -0.4 is 5.32 Å². The van der Waals surface area contributed by atoms with Crippen LogP contribution in [0.4, 0.5) is 0 Å². The first-order valence-corrected chi connectivity index (χ1v) is 8.49. The van der Waals surface area contributed by atoms with E-state index in [0.717, 1.165) is 44.1 Å². The number of hydrogen-bond donors (Lipinski definition) is 2. The Labute approximate surface area is 133 Å². The number of H-pyrrole nitrogens is 1. The van der Waals surface area contributed by atoms with E-state index in [-0.39, 0.29) is 11.4 Å². The van der Waals surface area contributed by atoms with Gasteiger partial charge in [0.15, 0.2) is 0 Å². The van der Waals surface area contributed by atoms with Crippen molar-refractivity contribution in [3.05, 3.63) is 17.5 Å². The summed E-state index contributed by atoms with van der Waals surface area (Å²) in [7, 11) is 0. The van der Waals surface area contributed by atoms with E-state index in [4.69, 9.17) is 0 Å². The van der Waals surface area contributed by atoms with Crippen molar-refractivity contribution in [1.82, 2.24) is 20.4 Å². The Kier molecular flexibility index (Phi) is 5.62. The molecule has 0 radical (unpaired) electrons. The van der Waals surface area contributed by atoms with Gasteiger partial charge in [0.1, 0.15) is 5.69 Å². The number of hydrogen-bond acceptors (Lipinski definition) is 3. The van der Waals surface area contributed by atoms with Gasteiger partial charge in [-0.15, -0.1) is 0 Å². The van der Waals surface area contributed by atoms with Gasteiger partial charge >= 0.3 is 0 Å². The summed E-state index contributed by atoms with van der Waals surface area (Å²) < 4.78 is 0. The Balaban J connectivity index is 1.90. The number of nitrogens with zero attached hydrogens (tertiary/aromatic N) is 2. The largest absolute Gasteiger partial charge is 0.344 e. The van der Waals surface area contributed by atoms with E-state index in [1.165, 1.54) is 12.8 Å². The first kappa shape index (κ1) is 17.0. The quantitative estimate of drug-likeness (QED) is 0.849. The number of amides is 1. The van der Waals surface area contributed by atoms with E-state index < -0.39 is 0 Å². The molecule has 0 aliphatic carbocycles. The lowest BCUT2D eigenvalue weighted by Gasteiger charge is -2.37. The minimum Gasteiger partial charge on any atom is -0.344 e. The molecule has 1 aliphatic heterocycles. The van der Waals surface area contributed by atoms with Crippen LogP contribution in [0.25, 0.3) is 0 Å². The molecule has 2 N–H and O–H groups in total. The Bertz CT molecular complexity index is 495. The van der Waals surface area contributed by atoms with E-state index in [1.54, 1.807) is 0 Å². The van der Waals surface area contributed by atoms with Crippen LogP contribution in [0.5, 0.6) is 0 Å². The summed E-state index contributed by atoms with van der Waals surface area (Å²) >= 11 is 0. The SMILES string of the molecule is CCCc1cc(C(=O)NC(C)(C)CN2CCCC(C)C2)n[nH]1. The lowest BCUT2D eigenvalue weighted by atomic mass is 9.97. The lowest BCUT2D eigenvalue weighted by molar-refractivity contribution is 0.0858. The van der Waals surface area contributed by atoms with Crippen LogP contribution >= 0.6 is 0 Å². The fraction of sp³-hybridized carbons (Fsp3) is 0.765. The van der Waals surface area contributed by atoms with Crippen molar-refractivity contribution < 1.29 is 4.79 Å². The Morgan fingerprint density at radius 2 is 2.32 bits per heavy atom. The third-order valence-electron chi connectivity index (χ3n) is 4.19. The first-order valence-electron chi connectivity index (χ1n) is 8.49. The van der Waals surface area contributed by atoms with Gasteiger partial charge in [-0.1, -0.05) is 20.3 Å². The van der Waals surface area contributed by atoms with Gasteiger partial charge in [-0.05, 0) is 51.6 Å². The predicted molar refractivity (Wildman–Crippen MR) is 89.0 cm³/mol. The van der Waals surface area contributed by atoms with Gasteiger partial charge in [-0.2, -0.15) is 5.10 Å². The number of aryl methyl sites for hydroxylation is 1. The summed E-state index contributed by atoms with van der Waals surface area (Å²) in [5, 5.41) is 10.2. The molecule has 0 saturated carbocycles. The van der Waals surface area contributed by atoms with Crippen molar-refractivity contribution in [3.63, 3.8) is 0 Å². The maximum atomic E-state index is 12.4. The van der Waals surface area contributed by atoms with Crippen molar-refractivity contribution in [2.24, 2.45) is 5.92 Å². The molecular weight excluding hydrogens is 276 g/mol. The summed E-state index contributed by atoms with van der Waals surface area (Å²) in [6.45, 7) is 11.7. The molecular formula is C17H30N4O. The molecule has 5 nitrogen and oxygen atoms in total. The molecule has 0 bridgehead atoms. The van der Waals surface area contributed by atoms with E-state index in [1.807, 2.05) is 6.07 Å². The maximum absolute atomic E-state index is 12.4. The number of likely N-dealkylation sites (tertiary alicyclic amines) is 1. The third-order valence-corrected chi connectivity index (χ3v) is 4.19. The number of nitrogens with one attached hydrogen (secondary N) is 2. The summed E-state index contributed by atoms with van der Waals surface area (Å²) in [5.41, 5.74) is 1.26. The molecule has 1 saturated heterocycles. The maximum Gasteiger partial charge on any atom is 0.272 e. The van der Waals surface area contributed by atoms with Crippen molar-refractivity contribution >= 4 is 5.91 Å². The highest BCUT2D eigenvalue weighted by Crippen LogP contribution is 2.18. The molecule has 22 heavy (non-hydrogen) atoms. The van der Waals surface area contributed by atoms with Gasteiger partial charge in [0.05, 0.1) is 0 Å². The fourth-order valence-electron chi connectivity index (χ4n) is 3.28. The smallest absolute Gasteiger partial charge is 0.272 e. The second-order valence-corrected chi connectivity index (χ2v) is 7.35. The van der Waals surface area contributed by atoms with Crippen LogP contribution in [0.15, 0.2) is 6.07 Å². The van der Waals surface area contributed by atoms with Crippen molar-refractivity contribution in [3.8, 4) is 0 Å². The summed E-state index contributed by atoms with van der Waals surface area (Å²) in [4.78, 5) is 14.8. The molecule has 2 rings (SSSR count). The normalized spacial score (nSPS) is 20.1. The molecule has 0 aromatic carbocycles. The molecule has 1 fully saturated rings. The van der Waals surface area contributed by atoms with Crippen molar-refractivity contribution in [2.75, 3.05) is 19.6 Å². The van der Waals surface area contributed by atoms with Crippen molar-refractivity contribution in [1.29, 1.82) is 0 Å². The number of aromatic nitrogens is 2. The number of piperidine rings is 1. The number of rotatable bonds is 6. The highest BCUT2D eigenvalue weighted by atomic mass is 16.2. The average Bonchev–Trinajstić information content (AvgIpc) is 2.86. The molecule has 1 atom stereocenters. The van der Waals surface area contributed by atoms with E-state index >= 15 is 0 Å². The van der Waals surface area contributed by atoms with E-state index in [0.29, 0.717) is 5.69 Å². The van der Waals surface area contributed by atoms with Gasteiger partial charge in [0.25, 0.3) is 5.91 Å². The minimum atomic E-state index is -0.252.